The molecule has 1 unspecified atom stereocenters. The van der Waals surface area contributed by atoms with Crippen LogP contribution >= 0.6 is 34.8 Å². The zero-order valence-electron chi connectivity index (χ0n) is 11.4. The Morgan fingerprint density at radius 1 is 1.10 bits per heavy atom. The van der Waals surface area contributed by atoms with E-state index in [4.69, 9.17) is 39.5 Å². The van der Waals surface area contributed by atoms with Gasteiger partial charge in [0.1, 0.15) is 11.9 Å². The van der Waals surface area contributed by atoms with E-state index in [1.165, 1.54) is 11.1 Å². The summed E-state index contributed by atoms with van der Waals surface area (Å²) >= 11 is 18.1. The molecule has 1 heterocycles. The van der Waals surface area contributed by atoms with Crippen LogP contribution in [0.25, 0.3) is 0 Å². The minimum Gasteiger partial charge on any atom is -0.488 e. The summed E-state index contributed by atoms with van der Waals surface area (Å²) in [5.41, 5.74) is 3.27. The highest BCUT2D eigenvalue weighted by Crippen LogP contribution is 2.33. The van der Waals surface area contributed by atoms with Crippen molar-refractivity contribution in [3.8, 4) is 5.75 Å². The largest absolute Gasteiger partial charge is 0.488 e. The van der Waals surface area contributed by atoms with Gasteiger partial charge in [-0.1, -0.05) is 52.5 Å². The Kier molecular flexibility index (Phi) is 4.21. The molecule has 1 aliphatic heterocycles. The van der Waals surface area contributed by atoms with Crippen molar-refractivity contribution in [3.63, 3.8) is 0 Å². The van der Waals surface area contributed by atoms with Gasteiger partial charge in [-0.05, 0) is 30.7 Å². The van der Waals surface area contributed by atoms with E-state index in [0.29, 0.717) is 21.6 Å². The van der Waals surface area contributed by atoms with Crippen molar-refractivity contribution in [2.75, 3.05) is 11.9 Å². The highest BCUT2D eigenvalue weighted by atomic mass is 35.5. The van der Waals surface area contributed by atoms with Gasteiger partial charge in [0.2, 0.25) is 0 Å². The van der Waals surface area contributed by atoms with Crippen molar-refractivity contribution in [1.29, 1.82) is 0 Å². The quantitative estimate of drug-likeness (QED) is 0.757. The molecule has 3 rings (SSSR count). The fourth-order valence-corrected chi connectivity index (χ4v) is 3.06. The summed E-state index contributed by atoms with van der Waals surface area (Å²) in [7, 11) is 0. The summed E-state index contributed by atoms with van der Waals surface area (Å²) in [6.07, 6.45) is 0.982. The standard InChI is InChI=1S/C16H14Cl3NO/c1-9-2-3-16-10(4-9)5-11(21-16)8-20-15-7-13(18)12(17)6-14(15)19/h2-4,6-7,11,20H,5,8H2,1H3. The van der Waals surface area contributed by atoms with Gasteiger partial charge in [-0.2, -0.15) is 0 Å². The van der Waals surface area contributed by atoms with Crippen molar-refractivity contribution in [3.05, 3.63) is 56.5 Å². The number of nitrogens with one attached hydrogen (secondary N) is 1. The molecule has 2 nitrogen and oxygen atoms in total. The van der Waals surface area contributed by atoms with E-state index in [-0.39, 0.29) is 6.10 Å². The maximum Gasteiger partial charge on any atom is 0.123 e. The summed E-state index contributed by atoms with van der Waals surface area (Å²) in [6.45, 7) is 2.74. The van der Waals surface area contributed by atoms with Crippen LogP contribution in [0.5, 0.6) is 5.75 Å². The fourth-order valence-electron chi connectivity index (χ4n) is 2.44. The van der Waals surface area contributed by atoms with Crippen LogP contribution in [0.4, 0.5) is 5.69 Å². The molecule has 0 fully saturated rings. The highest BCUT2D eigenvalue weighted by molar-refractivity contribution is 6.44. The van der Waals surface area contributed by atoms with Gasteiger partial charge in [0, 0.05) is 6.42 Å². The van der Waals surface area contributed by atoms with Gasteiger partial charge >= 0.3 is 0 Å². The summed E-state index contributed by atoms with van der Waals surface area (Å²) in [5.74, 6) is 0.965. The Labute approximate surface area is 139 Å². The predicted molar refractivity (Wildman–Crippen MR) is 89.3 cm³/mol. The second-order valence-electron chi connectivity index (χ2n) is 5.18. The average Bonchev–Trinajstić information content (AvgIpc) is 2.83. The average molecular weight is 343 g/mol. The molecule has 1 N–H and O–H groups in total. The van der Waals surface area contributed by atoms with E-state index in [0.717, 1.165) is 17.9 Å². The Morgan fingerprint density at radius 3 is 2.67 bits per heavy atom. The Hall–Kier alpha value is -1.09. The molecule has 0 bridgehead atoms. The topological polar surface area (TPSA) is 21.3 Å². The van der Waals surface area contributed by atoms with Crippen LogP contribution in [-0.4, -0.2) is 12.6 Å². The lowest BCUT2D eigenvalue weighted by atomic mass is 10.1. The molecule has 2 aromatic rings. The van der Waals surface area contributed by atoms with E-state index in [1.807, 2.05) is 6.07 Å². The Bertz CT molecular complexity index is 687. The van der Waals surface area contributed by atoms with Gasteiger partial charge < -0.3 is 10.1 Å². The van der Waals surface area contributed by atoms with Gasteiger partial charge in [-0.25, -0.2) is 0 Å². The van der Waals surface area contributed by atoms with Crippen molar-refractivity contribution in [1.82, 2.24) is 0 Å². The zero-order valence-corrected chi connectivity index (χ0v) is 13.7. The van der Waals surface area contributed by atoms with Crippen LogP contribution in [0.15, 0.2) is 30.3 Å². The van der Waals surface area contributed by atoms with Gasteiger partial charge in [0.15, 0.2) is 0 Å². The molecule has 5 heteroatoms. The van der Waals surface area contributed by atoms with Gasteiger partial charge in [-0.3, -0.25) is 0 Å². The SMILES string of the molecule is Cc1ccc2c(c1)CC(CNc1cc(Cl)c(Cl)cc1Cl)O2. The number of ether oxygens (including phenoxy) is 1. The molecule has 21 heavy (non-hydrogen) atoms. The van der Waals surface area contributed by atoms with E-state index in [1.54, 1.807) is 12.1 Å². The van der Waals surface area contributed by atoms with E-state index >= 15 is 0 Å². The van der Waals surface area contributed by atoms with Gasteiger partial charge in [0.25, 0.3) is 0 Å². The molecular formula is C16H14Cl3NO. The second-order valence-corrected chi connectivity index (χ2v) is 6.40. The lowest BCUT2D eigenvalue weighted by Crippen LogP contribution is -2.24. The molecule has 0 aromatic heterocycles. The van der Waals surface area contributed by atoms with Crippen molar-refractivity contribution >= 4 is 40.5 Å². The Morgan fingerprint density at radius 2 is 1.86 bits per heavy atom. The van der Waals surface area contributed by atoms with E-state index < -0.39 is 0 Å². The maximum atomic E-state index is 6.15. The Balaban J connectivity index is 1.66. The van der Waals surface area contributed by atoms with Gasteiger partial charge in [0.05, 0.1) is 27.3 Å². The summed E-state index contributed by atoms with van der Waals surface area (Å²) in [4.78, 5) is 0. The predicted octanol–water partition coefficient (Wildman–Crippen LogP) is 5.37. The molecular weight excluding hydrogens is 329 g/mol. The van der Waals surface area contributed by atoms with Crippen molar-refractivity contribution < 1.29 is 4.74 Å². The van der Waals surface area contributed by atoms with Crippen LogP contribution in [0.2, 0.25) is 15.1 Å². The third-order valence-corrected chi connectivity index (χ3v) is 4.52. The van der Waals surface area contributed by atoms with Crippen LogP contribution in [0.1, 0.15) is 11.1 Å². The van der Waals surface area contributed by atoms with Crippen LogP contribution in [0, 0.1) is 6.92 Å². The van der Waals surface area contributed by atoms with E-state index in [2.05, 4.69) is 24.4 Å². The molecule has 0 aliphatic carbocycles. The summed E-state index contributed by atoms with van der Waals surface area (Å²) < 4.78 is 5.91. The number of halogens is 3. The number of anilines is 1. The number of benzene rings is 2. The zero-order chi connectivity index (χ0) is 15.0. The fraction of sp³-hybridized carbons (Fsp3) is 0.250. The summed E-state index contributed by atoms with van der Waals surface area (Å²) in [5, 5.41) is 4.76. The molecule has 0 spiro atoms. The van der Waals surface area contributed by atoms with Crippen molar-refractivity contribution in [2.24, 2.45) is 0 Å². The number of hydrogen-bond donors (Lipinski definition) is 1. The number of rotatable bonds is 3. The highest BCUT2D eigenvalue weighted by Gasteiger charge is 2.22. The van der Waals surface area contributed by atoms with E-state index in [9.17, 15) is 0 Å². The number of aryl methyl sites for hydroxylation is 1. The molecule has 110 valence electrons. The molecule has 0 saturated carbocycles. The van der Waals surface area contributed by atoms with Crippen LogP contribution in [-0.2, 0) is 6.42 Å². The number of hydrogen-bond acceptors (Lipinski definition) is 2. The third-order valence-electron chi connectivity index (χ3n) is 3.49. The summed E-state index contributed by atoms with van der Waals surface area (Å²) in [6, 6.07) is 9.63. The molecule has 2 aromatic carbocycles. The van der Waals surface area contributed by atoms with Crippen molar-refractivity contribution in [2.45, 2.75) is 19.4 Å². The molecule has 0 amide bonds. The lowest BCUT2D eigenvalue weighted by Gasteiger charge is -2.14. The normalized spacial score (nSPS) is 16.5. The molecule has 0 saturated heterocycles. The van der Waals surface area contributed by atoms with Crippen LogP contribution in [0.3, 0.4) is 0 Å². The maximum absolute atomic E-state index is 6.15. The minimum absolute atomic E-state index is 0.0901. The minimum atomic E-state index is 0.0901. The third kappa shape index (κ3) is 3.23. The molecule has 1 aliphatic rings. The second kappa shape index (κ2) is 5.96. The number of fused-ring (bicyclic) bond motifs is 1. The first-order valence-electron chi connectivity index (χ1n) is 6.67. The smallest absolute Gasteiger partial charge is 0.123 e. The molecule has 1 atom stereocenters. The first-order valence-corrected chi connectivity index (χ1v) is 7.81. The monoisotopic (exact) mass is 341 g/mol. The molecule has 0 radical (unpaired) electrons. The first-order chi connectivity index (χ1) is 10.0. The van der Waals surface area contributed by atoms with Crippen LogP contribution < -0.4 is 10.1 Å². The van der Waals surface area contributed by atoms with Gasteiger partial charge in [-0.15, -0.1) is 0 Å². The lowest BCUT2D eigenvalue weighted by molar-refractivity contribution is 0.246. The first kappa shape index (κ1) is 14.8.